The Kier molecular flexibility index (Phi) is 7.85. The molecule has 2 aliphatic carbocycles. The molecule has 11 aromatic rings. The highest BCUT2D eigenvalue weighted by Gasteiger charge is 2.50. The smallest absolute Gasteiger partial charge is 0.136 e. The summed E-state index contributed by atoms with van der Waals surface area (Å²) in [5.41, 5.74) is 21.6. The van der Waals surface area contributed by atoms with Gasteiger partial charge in [-0.3, -0.25) is 0 Å². The van der Waals surface area contributed by atoms with Gasteiger partial charge in [0.1, 0.15) is 11.2 Å². The Morgan fingerprint density at radius 2 is 0.714 bits per heavy atom. The summed E-state index contributed by atoms with van der Waals surface area (Å²) in [4.78, 5) is 2.43. The Hall–Kier alpha value is -8.20. The Morgan fingerprint density at radius 3 is 1.32 bits per heavy atom. The molecule has 1 aromatic heterocycles. The van der Waals surface area contributed by atoms with Crippen LogP contribution >= 0.6 is 0 Å². The van der Waals surface area contributed by atoms with Crippen LogP contribution in [0.5, 0.6) is 0 Å². The first kappa shape index (κ1) is 35.5. The Morgan fingerprint density at radius 1 is 0.270 bits per heavy atom. The molecule has 0 N–H and O–H groups in total. The fourth-order valence-electron chi connectivity index (χ4n) is 10.7. The maximum Gasteiger partial charge on any atom is 0.136 e. The van der Waals surface area contributed by atoms with E-state index in [0.29, 0.717) is 0 Å². The van der Waals surface area contributed by atoms with E-state index in [0.717, 1.165) is 39.0 Å². The second-order valence-electron chi connectivity index (χ2n) is 16.8. The molecule has 10 aromatic carbocycles. The molecule has 0 aliphatic heterocycles. The van der Waals surface area contributed by atoms with E-state index in [1.807, 2.05) is 0 Å². The van der Waals surface area contributed by atoms with Crippen LogP contribution in [0.25, 0.3) is 77.6 Å². The van der Waals surface area contributed by atoms with Gasteiger partial charge >= 0.3 is 0 Å². The van der Waals surface area contributed by atoms with Crippen LogP contribution in [-0.4, -0.2) is 0 Å². The van der Waals surface area contributed by atoms with Crippen molar-refractivity contribution in [3.8, 4) is 55.6 Å². The van der Waals surface area contributed by atoms with E-state index in [1.54, 1.807) is 0 Å². The molecule has 0 saturated carbocycles. The first-order valence-corrected chi connectivity index (χ1v) is 21.7. The molecule has 0 radical (unpaired) electrons. The summed E-state index contributed by atoms with van der Waals surface area (Å²) in [5, 5.41) is 2.26. The van der Waals surface area contributed by atoms with Gasteiger partial charge in [-0.2, -0.15) is 0 Å². The first-order chi connectivity index (χ1) is 31.2. The molecule has 0 fully saturated rings. The molecule has 1 atom stereocenters. The predicted molar refractivity (Wildman–Crippen MR) is 261 cm³/mol. The van der Waals surface area contributed by atoms with Crippen LogP contribution in [0.3, 0.4) is 0 Å². The molecule has 1 unspecified atom stereocenters. The molecule has 2 aliphatic rings. The normalized spacial score (nSPS) is 14.4. The minimum Gasteiger partial charge on any atom is -0.456 e. The van der Waals surface area contributed by atoms with Crippen LogP contribution in [0.1, 0.15) is 22.3 Å². The number of benzene rings is 10. The summed E-state index contributed by atoms with van der Waals surface area (Å²) >= 11 is 0. The quantitative estimate of drug-likeness (QED) is 0.172. The lowest BCUT2D eigenvalue weighted by atomic mass is 9.65. The zero-order valence-corrected chi connectivity index (χ0v) is 34.4. The van der Waals surface area contributed by atoms with E-state index < -0.39 is 5.41 Å². The Balaban J connectivity index is 1.11. The predicted octanol–water partition coefficient (Wildman–Crippen LogP) is 16.4. The van der Waals surface area contributed by atoms with Gasteiger partial charge in [0.05, 0.1) is 5.41 Å². The van der Waals surface area contributed by atoms with E-state index in [-0.39, 0.29) is 0 Å². The standard InChI is InChI=1S/C61H39NO/c1-3-15-40(16-4-1)42-27-31-44(32-28-42)62(45-33-29-43(30-34-45)41-17-5-2-6-18-41)46-35-36-51-48-20-8-7-19-47(48)49-21-9-12-24-55(49)61(57(51)37-46)56-25-13-10-22-50(56)53-39-60-54(38-58(53)61)52-23-11-14-26-59(52)63-60/h1-39H. The molecule has 0 amide bonds. The second kappa shape index (κ2) is 13.9. The lowest BCUT2D eigenvalue weighted by Crippen LogP contribution is -2.29. The summed E-state index contributed by atoms with van der Waals surface area (Å²) in [6.45, 7) is 0. The fourth-order valence-corrected chi connectivity index (χ4v) is 10.7. The van der Waals surface area contributed by atoms with Crippen LogP contribution < -0.4 is 4.90 Å². The van der Waals surface area contributed by atoms with Crippen molar-refractivity contribution in [2.24, 2.45) is 0 Å². The van der Waals surface area contributed by atoms with E-state index in [2.05, 4.69) is 241 Å². The molecule has 0 saturated heterocycles. The van der Waals surface area contributed by atoms with Gasteiger partial charge in [0.25, 0.3) is 0 Å². The van der Waals surface area contributed by atoms with Crippen LogP contribution in [-0.2, 0) is 5.41 Å². The molecular formula is C61H39NO. The van der Waals surface area contributed by atoms with Gasteiger partial charge in [0.2, 0.25) is 0 Å². The van der Waals surface area contributed by atoms with Crippen LogP contribution in [0.2, 0.25) is 0 Å². The van der Waals surface area contributed by atoms with Gasteiger partial charge in [-0.05, 0) is 132 Å². The topological polar surface area (TPSA) is 16.4 Å². The van der Waals surface area contributed by atoms with Gasteiger partial charge in [-0.25, -0.2) is 0 Å². The number of para-hydroxylation sites is 1. The average molecular weight is 802 g/mol. The van der Waals surface area contributed by atoms with E-state index in [1.165, 1.54) is 77.9 Å². The van der Waals surface area contributed by atoms with Crippen molar-refractivity contribution in [2.45, 2.75) is 5.41 Å². The molecular weight excluding hydrogens is 763 g/mol. The van der Waals surface area contributed by atoms with E-state index in [4.69, 9.17) is 4.42 Å². The number of hydrogen-bond acceptors (Lipinski definition) is 2. The summed E-state index contributed by atoms with van der Waals surface area (Å²) in [5.74, 6) is 0. The maximum atomic E-state index is 6.60. The summed E-state index contributed by atoms with van der Waals surface area (Å²) < 4.78 is 6.60. The Labute approximate surface area is 366 Å². The van der Waals surface area contributed by atoms with E-state index in [9.17, 15) is 0 Å². The van der Waals surface area contributed by atoms with Gasteiger partial charge in [-0.1, -0.05) is 182 Å². The molecule has 63 heavy (non-hydrogen) atoms. The van der Waals surface area contributed by atoms with E-state index >= 15 is 0 Å². The molecule has 294 valence electrons. The molecule has 2 nitrogen and oxygen atoms in total. The molecule has 0 bridgehead atoms. The molecule has 2 heteroatoms. The third-order valence-electron chi connectivity index (χ3n) is 13.5. The first-order valence-electron chi connectivity index (χ1n) is 21.7. The monoisotopic (exact) mass is 801 g/mol. The molecule has 1 spiro atoms. The number of hydrogen-bond donors (Lipinski definition) is 0. The summed E-state index contributed by atoms with van der Waals surface area (Å²) in [6, 6.07) is 86.8. The zero-order chi connectivity index (χ0) is 41.5. The average Bonchev–Trinajstić information content (AvgIpc) is 3.83. The van der Waals surface area contributed by atoms with Crippen molar-refractivity contribution in [1.82, 2.24) is 0 Å². The Bertz CT molecular complexity index is 3470. The van der Waals surface area contributed by atoms with Crippen LogP contribution in [0.15, 0.2) is 241 Å². The molecule has 1 heterocycles. The second-order valence-corrected chi connectivity index (χ2v) is 16.8. The highest BCUT2D eigenvalue weighted by atomic mass is 16.3. The van der Waals surface area contributed by atoms with Crippen molar-refractivity contribution < 1.29 is 4.42 Å². The van der Waals surface area contributed by atoms with Crippen LogP contribution in [0, 0.1) is 0 Å². The number of rotatable bonds is 5. The minimum atomic E-state index is -0.667. The number of anilines is 3. The number of furan rings is 1. The van der Waals surface area contributed by atoms with Gasteiger partial charge in [0, 0.05) is 27.8 Å². The summed E-state index contributed by atoms with van der Waals surface area (Å²) in [6.07, 6.45) is 0. The van der Waals surface area contributed by atoms with Crippen molar-refractivity contribution >= 4 is 39.0 Å². The zero-order valence-electron chi connectivity index (χ0n) is 34.4. The largest absolute Gasteiger partial charge is 0.456 e. The van der Waals surface area contributed by atoms with Crippen molar-refractivity contribution in [2.75, 3.05) is 4.90 Å². The minimum absolute atomic E-state index is 0.667. The van der Waals surface area contributed by atoms with Crippen molar-refractivity contribution in [3.05, 3.63) is 259 Å². The van der Waals surface area contributed by atoms with Gasteiger partial charge in [0.15, 0.2) is 0 Å². The highest BCUT2D eigenvalue weighted by Crippen LogP contribution is 2.63. The van der Waals surface area contributed by atoms with Crippen LogP contribution in [0.4, 0.5) is 17.1 Å². The van der Waals surface area contributed by atoms with Crippen molar-refractivity contribution in [3.63, 3.8) is 0 Å². The SMILES string of the molecule is c1ccc(-c2ccc(N(c3ccc(-c4ccccc4)cc3)c3ccc4c(c3)C3(c5ccccc5-c5ccccc5-4)c4ccccc4-c4cc5oc6ccccc6c5cc43)cc2)cc1. The lowest BCUT2D eigenvalue weighted by Gasteiger charge is -2.36. The maximum absolute atomic E-state index is 6.60. The molecule has 13 rings (SSSR count). The third kappa shape index (κ3) is 5.32. The van der Waals surface area contributed by atoms with Gasteiger partial charge in [-0.15, -0.1) is 0 Å². The number of fused-ring (bicyclic) bond motifs is 15. The number of nitrogens with zero attached hydrogens (tertiary/aromatic N) is 1. The lowest BCUT2D eigenvalue weighted by molar-refractivity contribution is 0.668. The summed E-state index contributed by atoms with van der Waals surface area (Å²) in [7, 11) is 0. The highest BCUT2D eigenvalue weighted by molar-refractivity contribution is 6.09. The fraction of sp³-hybridized carbons (Fsp3) is 0.0164. The van der Waals surface area contributed by atoms with Crippen molar-refractivity contribution in [1.29, 1.82) is 0 Å². The third-order valence-corrected chi connectivity index (χ3v) is 13.5. The van der Waals surface area contributed by atoms with Gasteiger partial charge < -0.3 is 9.32 Å².